The summed E-state index contributed by atoms with van der Waals surface area (Å²) < 4.78 is 18.2. The van der Waals surface area contributed by atoms with Gasteiger partial charge in [0.25, 0.3) is 0 Å². The summed E-state index contributed by atoms with van der Waals surface area (Å²) in [7, 11) is 3.18. The fraction of sp³-hybridized carbons (Fsp3) is 0.250. The Morgan fingerprint density at radius 2 is 1.86 bits per heavy atom. The lowest BCUT2D eigenvalue weighted by atomic mass is 10.2. The van der Waals surface area contributed by atoms with Crippen molar-refractivity contribution in [1.82, 2.24) is 14.9 Å². The van der Waals surface area contributed by atoms with E-state index in [0.717, 1.165) is 23.3 Å². The maximum Gasteiger partial charge on any atom is 0.216 e. The number of aromatic amines is 1. The van der Waals surface area contributed by atoms with Crippen LogP contribution in [-0.2, 0) is 0 Å². The monoisotopic (exact) mass is 398 g/mol. The van der Waals surface area contributed by atoms with Crippen LogP contribution >= 0.6 is 12.2 Å². The summed E-state index contributed by atoms with van der Waals surface area (Å²) in [5, 5.41) is 11.6. The Morgan fingerprint density at radius 3 is 2.54 bits per heavy atom. The van der Waals surface area contributed by atoms with Crippen LogP contribution in [0.3, 0.4) is 0 Å². The first kappa shape index (κ1) is 19.6. The highest BCUT2D eigenvalue weighted by atomic mass is 32.1. The largest absolute Gasteiger partial charge is 0.494 e. The minimum Gasteiger partial charge on any atom is -0.494 e. The Kier molecular flexibility index (Phi) is 6.44. The van der Waals surface area contributed by atoms with Gasteiger partial charge >= 0.3 is 0 Å². The van der Waals surface area contributed by atoms with Gasteiger partial charge in [0.2, 0.25) is 4.77 Å². The molecule has 0 atom stereocenters. The number of benzene rings is 2. The number of aromatic nitrogens is 3. The Morgan fingerprint density at radius 1 is 1.11 bits per heavy atom. The van der Waals surface area contributed by atoms with E-state index in [9.17, 15) is 0 Å². The number of hydrogen-bond donors (Lipinski definition) is 1. The van der Waals surface area contributed by atoms with Crippen LogP contribution in [0.15, 0.2) is 47.6 Å². The van der Waals surface area contributed by atoms with Gasteiger partial charge in [-0.25, -0.2) is 5.10 Å². The molecule has 0 radical (unpaired) electrons. The van der Waals surface area contributed by atoms with Gasteiger partial charge in [0, 0.05) is 5.56 Å². The molecule has 1 aromatic heterocycles. The average molecular weight is 398 g/mol. The van der Waals surface area contributed by atoms with Crippen molar-refractivity contribution in [1.29, 1.82) is 0 Å². The van der Waals surface area contributed by atoms with Crippen molar-refractivity contribution < 1.29 is 14.2 Å². The van der Waals surface area contributed by atoms with Crippen molar-refractivity contribution in [2.45, 2.75) is 13.3 Å². The molecule has 0 aliphatic rings. The molecular weight excluding hydrogens is 376 g/mol. The zero-order valence-electron chi connectivity index (χ0n) is 16.0. The second-order valence-corrected chi connectivity index (χ2v) is 6.28. The normalized spacial score (nSPS) is 11.0. The highest BCUT2D eigenvalue weighted by molar-refractivity contribution is 7.71. The molecule has 0 amide bonds. The van der Waals surface area contributed by atoms with Crippen LogP contribution in [0.1, 0.15) is 18.9 Å². The van der Waals surface area contributed by atoms with Crippen molar-refractivity contribution >= 4 is 18.4 Å². The van der Waals surface area contributed by atoms with E-state index in [1.54, 1.807) is 25.1 Å². The third-order valence-electron chi connectivity index (χ3n) is 3.97. The summed E-state index contributed by atoms with van der Waals surface area (Å²) >= 11 is 5.32. The van der Waals surface area contributed by atoms with Gasteiger partial charge in [-0.2, -0.15) is 14.9 Å². The minimum atomic E-state index is 0.393. The lowest BCUT2D eigenvalue weighted by molar-refractivity contribution is 0.317. The molecule has 1 heterocycles. The smallest absolute Gasteiger partial charge is 0.216 e. The molecule has 28 heavy (non-hydrogen) atoms. The molecule has 0 spiro atoms. The Labute approximate surface area is 168 Å². The van der Waals surface area contributed by atoms with E-state index in [4.69, 9.17) is 26.4 Å². The van der Waals surface area contributed by atoms with Crippen LogP contribution in [0, 0.1) is 4.77 Å². The first-order valence-electron chi connectivity index (χ1n) is 8.83. The minimum absolute atomic E-state index is 0.393. The summed E-state index contributed by atoms with van der Waals surface area (Å²) in [6.45, 7) is 2.78. The van der Waals surface area contributed by atoms with Gasteiger partial charge in [-0.3, -0.25) is 0 Å². The van der Waals surface area contributed by atoms with E-state index in [-0.39, 0.29) is 0 Å². The Hall–Kier alpha value is -3.13. The van der Waals surface area contributed by atoms with Crippen molar-refractivity contribution in [3.8, 4) is 28.6 Å². The van der Waals surface area contributed by atoms with Crippen molar-refractivity contribution in [3.63, 3.8) is 0 Å². The highest BCUT2D eigenvalue weighted by Crippen LogP contribution is 2.31. The molecule has 0 aliphatic heterocycles. The molecule has 3 aromatic rings. The molecule has 0 fully saturated rings. The van der Waals surface area contributed by atoms with Gasteiger partial charge in [0.15, 0.2) is 17.3 Å². The van der Waals surface area contributed by atoms with Gasteiger partial charge in [0.1, 0.15) is 5.75 Å². The fourth-order valence-corrected chi connectivity index (χ4v) is 2.73. The van der Waals surface area contributed by atoms with Crippen LogP contribution < -0.4 is 14.2 Å². The first-order valence-corrected chi connectivity index (χ1v) is 9.24. The van der Waals surface area contributed by atoms with Crippen LogP contribution in [0.25, 0.3) is 11.4 Å². The maximum absolute atomic E-state index is 5.59. The van der Waals surface area contributed by atoms with E-state index < -0.39 is 0 Å². The third kappa shape index (κ3) is 4.40. The molecule has 0 bridgehead atoms. The van der Waals surface area contributed by atoms with Gasteiger partial charge in [-0.15, -0.1) is 0 Å². The van der Waals surface area contributed by atoms with Crippen LogP contribution in [0.2, 0.25) is 0 Å². The standard InChI is InChI=1S/C20H22N4O3S/c1-4-11-27-16-8-5-14(6-9-16)13-21-24-19(22-23-20(24)28)15-7-10-17(25-2)18(12-15)26-3/h5-10,12-13H,4,11H2,1-3H3,(H,23,28)/b21-13-. The predicted molar refractivity (Wildman–Crippen MR) is 111 cm³/mol. The predicted octanol–water partition coefficient (Wildman–Crippen LogP) is 4.30. The second kappa shape index (κ2) is 9.18. The number of ether oxygens (including phenoxy) is 3. The van der Waals surface area contributed by atoms with E-state index >= 15 is 0 Å². The molecule has 0 saturated carbocycles. The fourth-order valence-electron chi connectivity index (χ4n) is 2.56. The zero-order chi connectivity index (χ0) is 19.9. The number of methoxy groups -OCH3 is 2. The average Bonchev–Trinajstić information content (AvgIpc) is 3.11. The summed E-state index contributed by atoms with van der Waals surface area (Å²) in [5.41, 5.74) is 1.72. The number of nitrogens with zero attached hydrogens (tertiary/aromatic N) is 3. The van der Waals surface area contributed by atoms with E-state index in [0.29, 0.717) is 28.7 Å². The zero-order valence-corrected chi connectivity index (χ0v) is 16.8. The van der Waals surface area contributed by atoms with E-state index in [1.807, 2.05) is 42.5 Å². The summed E-state index contributed by atoms with van der Waals surface area (Å²) in [6, 6.07) is 13.2. The molecular formula is C20H22N4O3S. The molecule has 7 nitrogen and oxygen atoms in total. The lowest BCUT2D eigenvalue weighted by Crippen LogP contribution is -1.97. The van der Waals surface area contributed by atoms with Gasteiger partial charge in [0.05, 0.1) is 27.0 Å². The van der Waals surface area contributed by atoms with Gasteiger partial charge < -0.3 is 14.2 Å². The number of rotatable bonds is 8. The van der Waals surface area contributed by atoms with Crippen molar-refractivity contribution in [3.05, 3.63) is 52.8 Å². The molecule has 0 unspecified atom stereocenters. The van der Waals surface area contributed by atoms with E-state index in [1.165, 1.54) is 0 Å². The van der Waals surface area contributed by atoms with Crippen molar-refractivity contribution in [2.75, 3.05) is 20.8 Å². The number of H-pyrrole nitrogens is 1. The molecule has 8 heteroatoms. The Balaban J connectivity index is 1.87. The summed E-state index contributed by atoms with van der Waals surface area (Å²) in [6.07, 6.45) is 2.69. The maximum atomic E-state index is 5.59. The van der Waals surface area contributed by atoms with Crippen LogP contribution in [-0.4, -0.2) is 41.9 Å². The van der Waals surface area contributed by atoms with Gasteiger partial charge in [-0.05, 0) is 66.7 Å². The van der Waals surface area contributed by atoms with Gasteiger partial charge in [-0.1, -0.05) is 6.92 Å². The van der Waals surface area contributed by atoms with Crippen LogP contribution in [0.4, 0.5) is 0 Å². The quantitative estimate of drug-likeness (QED) is 0.452. The lowest BCUT2D eigenvalue weighted by Gasteiger charge is -2.09. The summed E-state index contributed by atoms with van der Waals surface area (Å²) in [5.74, 6) is 2.66. The molecule has 3 rings (SSSR count). The molecule has 1 N–H and O–H groups in total. The number of hydrogen-bond acceptors (Lipinski definition) is 6. The molecule has 0 saturated heterocycles. The first-order chi connectivity index (χ1) is 13.7. The van der Waals surface area contributed by atoms with Crippen molar-refractivity contribution in [2.24, 2.45) is 5.10 Å². The topological polar surface area (TPSA) is 73.7 Å². The highest BCUT2D eigenvalue weighted by Gasteiger charge is 2.12. The van der Waals surface area contributed by atoms with E-state index in [2.05, 4.69) is 22.2 Å². The second-order valence-electron chi connectivity index (χ2n) is 5.90. The SMILES string of the molecule is CCCOc1ccc(/C=N\n2c(-c3ccc(OC)c(OC)c3)n[nH]c2=S)cc1. The third-order valence-corrected chi connectivity index (χ3v) is 4.23. The Bertz CT molecular complexity index is 1010. The summed E-state index contributed by atoms with van der Waals surface area (Å²) in [4.78, 5) is 0. The molecule has 0 aliphatic carbocycles. The van der Waals surface area contributed by atoms with Crippen LogP contribution in [0.5, 0.6) is 17.2 Å². The molecule has 146 valence electrons. The molecule has 2 aromatic carbocycles. The number of nitrogens with one attached hydrogen (secondary N) is 1.